The second-order valence-corrected chi connectivity index (χ2v) is 6.80. The summed E-state index contributed by atoms with van der Waals surface area (Å²) in [6.07, 6.45) is 3.33. The number of carbonyl (C=O) groups excluding carboxylic acids is 2. The van der Waals surface area contributed by atoms with Gasteiger partial charge in [0.25, 0.3) is 11.1 Å². The Morgan fingerprint density at radius 1 is 1.00 bits per heavy atom. The van der Waals surface area contributed by atoms with Gasteiger partial charge in [-0.1, -0.05) is 24.8 Å². The standard InChI is InChI=1S/C21H18FNO4S/c1-2-12-26-17-7-3-15(4-8-17)14-19-20(24)23(21(25)28-19)11-13-27-18-9-5-16(22)6-10-18/h2-10,14H,1,11-13H2/b19-14-. The van der Waals surface area contributed by atoms with Crippen molar-refractivity contribution in [2.24, 2.45) is 0 Å². The Bertz CT molecular complexity index is 894. The smallest absolute Gasteiger partial charge is 0.293 e. The summed E-state index contributed by atoms with van der Waals surface area (Å²) in [5.41, 5.74) is 0.791. The van der Waals surface area contributed by atoms with E-state index in [9.17, 15) is 14.0 Å². The number of halogens is 1. The molecule has 0 saturated carbocycles. The van der Waals surface area contributed by atoms with Gasteiger partial charge in [0.15, 0.2) is 0 Å². The maximum atomic E-state index is 12.9. The number of imide groups is 1. The zero-order chi connectivity index (χ0) is 19.9. The zero-order valence-corrected chi connectivity index (χ0v) is 15.8. The number of carbonyl (C=O) groups is 2. The van der Waals surface area contributed by atoms with Crippen LogP contribution in [0.15, 0.2) is 66.1 Å². The van der Waals surface area contributed by atoms with E-state index in [4.69, 9.17) is 9.47 Å². The van der Waals surface area contributed by atoms with Gasteiger partial charge in [0.1, 0.15) is 30.5 Å². The van der Waals surface area contributed by atoms with Gasteiger partial charge < -0.3 is 9.47 Å². The third kappa shape index (κ3) is 5.01. The number of rotatable bonds is 8. The second kappa shape index (κ2) is 9.23. The van der Waals surface area contributed by atoms with Crippen molar-refractivity contribution in [1.29, 1.82) is 0 Å². The van der Waals surface area contributed by atoms with Gasteiger partial charge >= 0.3 is 0 Å². The minimum Gasteiger partial charge on any atom is -0.492 e. The Labute approximate surface area is 166 Å². The summed E-state index contributed by atoms with van der Waals surface area (Å²) in [6, 6.07) is 12.7. The van der Waals surface area contributed by atoms with Crippen molar-refractivity contribution in [3.8, 4) is 11.5 Å². The Hall–Kier alpha value is -3.06. The van der Waals surface area contributed by atoms with Crippen LogP contribution in [0.3, 0.4) is 0 Å². The number of amides is 2. The number of ether oxygens (including phenoxy) is 2. The summed E-state index contributed by atoms with van der Waals surface area (Å²) in [5, 5.41) is -0.343. The van der Waals surface area contributed by atoms with E-state index in [2.05, 4.69) is 6.58 Å². The lowest BCUT2D eigenvalue weighted by Crippen LogP contribution is -2.32. The highest BCUT2D eigenvalue weighted by Crippen LogP contribution is 2.32. The number of benzene rings is 2. The molecule has 1 heterocycles. The molecule has 0 aromatic heterocycles. The van der Waals surface area contributed by atoms with Gasteiger partial charge in [-0.25, -0.2) is 4.39 Å². The van der Waals surface area contributed by atoms with E-state index in [-0.39, 0.29) is 30.1 Å². The third-order valence-corrected chi connectivity index (χ3v) is 4.72. The number of hydrogen-bond acceptors (Lipinski definition) is 5. The fourth-order valence-corrected chi connectivity index (χ4v) is 3.31. The Morgan fingerprint density at radius 2 is 1.64 bits per heavy atom. The summed E-state index contributed by atoms with van der Waals surface area (Å²) in [4.78, 5) is 26.1. The summed E-state index contributed by atoms with van der Waals surface area (Å²) >= 11 is 0.892. The summed E-state index contributed by atoms with van der Waals surface area (Å²) < 4.78 is 23.8. The lowest BCUT2D eigenvalue weighted by molar-refractivity contribution is -0.123. The van der Waals surface area contributed by atoms with E-state index in [0.29, 0.717) is 23.0 Å². The highest BCUT2D eigenvalue weighted by Gasteiger charge is 2.34. The maximum Gasteiger partial charge on any atom is 0.293 e. The molecule has 2 amide bonds. The maximum absolute atomic E-state index is 12.9. The predicted octanol–water partition coefficient (Wildman–Crippen LogP) is 4.51. The topological polar surface area (TPSA) is 55.8 Å². The van der Waals surface area contributed by atoms with Gasteiger partial charge in [-0.2, -0.15) is 0 Å². The molecule has 0 unspecified atom stereocenters. The average molecular weight is 399 g/mol. The van der Waals surface area contributed by atoms with Gasteiger partial charge in [0.2, 0.25) is 0 Å². The van der Waals surface area contributed by atoms with Crippen LogP contribution in [-0.2, 0) is 4.79 Å². The van der Waals surface area contributed by atoms with Gasteiger partial charge in [-0.05, 0) is 59.8 Å². The van der Waals surface area contributed by atoms with Gasteiger partial charge in [-0.3, -0.25) is 14.5 Å². The van der Waals surface area contributed by atoms with Crippen molar-refractivity contribution in [3.63, 3.8) is 0 Å². The van der Waals surface area contributed by atoms with Crippen LogP contribution < -0.4 is 9.47 Å². The molecular formula is C21H18FNO4S. The molecule has 144 valence electrons. The van der Waals surface area contributed by atoms with Crippen LogP contribution in [-0.4, -0.2) is 35.8 Å². The van der Waals surface area contributed by atoms with E-state index in [0.717, 1.165) is 22.2 Å². The van der Waals surface area contributed by atoms with E-state index in [1.165, 1.54) is 24.3 Å². The van der Waals surface area contributed by atoms with Crippen molar-refractivity contribution in [1.82, 2.24) is 4.90 Å². The van der Waals surface area contributed by atoms with Crippen LogP contribution in [0.4, 0.5) is 9.18 Å². The van der Waals surface area contributed by atoms with Crippen LogP contribution in [0.1, 0.15) is 5.56 Å². The fourth-order valence-electron chi connectivity index (χ4n) is 2.45. The monoisotopic (exact) mass is 399 g/mol. The molecule has 5 nitrogen and oxygen atoms in total. The van der Waals surface area contributed by atoms with Crippen LogP contribution in [0.2, 0.25) is 0 Å². The molecule has 2 aromatic rings. The molecule has 1 fully saturated rings. The number of nitrogens with zero attached hydrogens (tertiary/aromatic N) is 1. The van der Waals surface area contributed by atoms with E-state index in [1.54, 1.807) is 24.3 Å². The zero-order valence-electron chi connectivity index (χ0n) is 15.0. The lowest BCUT2D eigenvalue weighted by Gasteiger charge is -2.13. The molecule has 2 aromatic carbocycles. The van der Waals surface area contributed by atoms with Crippen molar-refractivity contribution in [3.05, 3.63) is 77.5 Å². The van der Waals surface area contributed by atoms with Gasteiger partial charge in [0, 0.05) is 0 Å². The van der Waals surface area contributed by atoms with E-state index < -0.39 is 0 Å². The first kappa shape index (κ1) is 19.7. The molecule has 0 bridgehead atoms. The fraction of sp³-hybridized carbons (Fsp3) is 0.143. The van der Waals surface area contributed by atoms with Crippen LogP contribution in [0.25, 0.3) is 6.08 Å². The molecule has 0 atom stereocenters. The van der Waals surface area contributed by atoms with Crippen molar-refractivity contribution >= 4 is 29.0 Å². The van der Waals surface area contributed by atoms with Crippen LogP contribution in [0.5, 0.6) is 11.5 Å². The first-order valence-electron chi connectivity index (χ1n) is 8.54. The molecule has 28 heavy (non-hydrogen) atoms. The Morgan fingerprint density at radius 3 is 2.32 bits per heavy atom. The predicted molar refractivity (Wildman–Crippen MR) is 107 cm³/mol. The molecule has 0 N–H and O–H groups in total. The first-order valence-corrected chi connectivity index (χ1v) is 9.36. The minimum atomic E-state index is -0.358. The largest absolute Gasteiger partial charge is 0.492 e. The highest BCUT2D eigenvalue weighted by molar-refractivity contribution is 8.18. The summed E-state index contributed by atoms with van der Waals surface area (Å²) in [5.74, 6) is 0.458. The average Bonchev–Trinajstić information content (AvgIpc) is 2.96. The molecule has 0 radical (unpaired) electrons. The second-order valence-electron chi connectivity index (χ2n) is 5.80. The molecule has 1 saturated heterocycles. The molecule has 1 aliphatic rings. The van der Waals surface area contributed by atoms with Crippen molar-refractivity contribution in [2.45, 2.75) is 0 Å². The molecule has 0 spiro atoms. The molecule has 7 heteroatoms. The number of hydrogen-bond donors (Lipinski definition) is 0. The highest BCUT2D eigenvalue weighted by atomic mass is 32.2. The number of thioether (sulfide) groups is 1. The van der Waals surface area contributed by atoms with E-state index in [1.807, 2.05) is 12.1 Å². The summed E-state index contributed by atoms with van der Waals surface area (Å²) in [7, 11) is 0. The quantitative estimate of drug-likeness (QED) is 0.483. The van der Waals surface area contributed by atoms with Gasteiger partial charge in [-0.15, -0.1) is 0 Å². The third-order valence-electron chi connectivity index (χ3n) is 3.82. The first-order chi connectivity index (χ1) is 13.6. The van der Waals surface area contributed by atoms with Gasteiger partial charge in [0.05, 0.1) is 11.4 Å². The molecular weight excluding hydrogens is 381 g/mol. The normalized spacial score (nSPS) is 15.2. The Balaban J connectivity index is 1.58. The Kier molecular flexibility index (Phi) is 6.49. The van der Waals surface area contributed by atoms with Crippen molar-refractivity contribution in [2.75, 3.05) is 19.8 Å². The molecule has 1 aliphatic heterocycles. The minimum absolute atomic E-state index is 0.119. The molecule has 3 rings (SSSR count). The van der Waals surface area contributed by atoms with Crippen molar-refractivity contribution < 1.29 is 23.5 Å². The van der Waals surface area contributed by atoms with Crippen LogP contribution in [0, 0.1) is 5.82 Å². The lowest BCUT2D eigenvalue weighted by atomic mass is 10.2. The van der Waals surface area contributed by atoms with E-state index >= 15 is 0 Å². The molecule has 0 aliphatic carbocycles. The SMILES string of the molecule is C=CCOc1ccc(/C=C2\SC(=O)N(CCOc3ccc(F)cc3)C2=O)cc1. The summed E-state index contributed by atoms with van der Waals surface area (Å²) in [6.45, 7) is 4.26. The van der Waals surface area contributed by atoms with Crippen LogP contribution >= 0.6 is 11.8 Å².